The average molecular weight is 242 g/mol. The van der Waals surface area contributed by atoms with Gasteiger partial charge in [0.25, 0.3) is 0 Å². The zero-order valence-corrected chi connectivity index (χ0v) is 10.8. The zero-order chi connectivity index (χ0) is 12.5. The summed E-state index contributed by atoms with van der Waals surface area (Å²) in [5, 5.41) is 21.7. The van der Waals surface area contributed by atoms with Crippen molar-refractivity contribution in [3.8, 4) is 0 Å². The molecule has 0 aliphatic carbocycles. The molecule has 0 radical (unpaired) electrons. The van der Waals surface area contributed by atoms with Gasteiger partial charge >= 0.3 is 7.12 Å². The van der Waals surface area contributed by atoms with Gasteiger partial charge in [-0.3, -0.25) is 0 Å². The standard InChI is InChI=1S/C11H17BClNO2/c1-11(2,3)7-5-6-8(12(15)16)9(13)10(7)14-4/h5-6,14-16H,1-4H3. The number of nitrogens with one attached hydrogen (secondary N) is 1. The Labute approximate surface area is 102 Å². The molecule has 1 aromatic carbocycles. The Morgan fingerprint density at radius 1 is 1.25 bits per heavy atom. The first-order valence-corrected chi connectivity index (χ1v) is 5.53. The maximum atomic E-state index is 9.16. The van der Waals surface area contributed by atoms with Crippen molar-refractivity contribution in [1.29, 1.82) is 0 Å². The molecule has 0 saturated carbocycles. The monoisotopic (exact) mass is 241 g/mol. The van der Waals surface area contributed by atoms with Gasteiger partial charge in [-0.15, -0.1) is 0 Å². The van der Waals surface area contributed by atoms with Gasteiger partial charge in [-0.1, -0.05) is 44.5 Å². The Kier molecular flexibility index (Phi) is 3.89. The van der Waals surface area contributed by atoms with E-state index in [1.165, 1.54) is 0 Å². The summed E-state index contributed by atoms with van der Waals surface area (Å²) < 4.78 is 0. The van der Waals surface area contributed by atoms with Crippen LogP contribution >= 0.6 is 11.6 Å². The van der Waals surface area contributed by atoms with E-state index in [4.69, 9.17) is 21.6 Å². The highest BCUT2D eigenvalue weighted by molar-refractivity contribution is 6.63. The summed E-state index contributed by atoms with van der Waals surface area (Å²) in [5.74, 6) is 0. The lowest BCUT2D eigenvalue weighted by Gasteiger charge is -2.24. The Balaban J connectivity index is 3.41. The predicted octanol–water partition coefficient (Wildman–Crippen LogP) is 1.36. The van der Waals surface area contributed by atoms with Crippen molar-refractivity contribution >= 4 is 29.9 Å². The van der Waals surface area contributed by atoms with Gasteiger partial charge in [0.2, 0.25) is 0 Å². The lowest BCUT2D eigenvalue weighted by Crippen LogP contribution is -2.32. The van der Waals surface area contributed by atoms with Gasteiger partial charge in [0.1, 0.15) is 0 Å². The first-order valence-electron chi connectivity index (χ1n) is 5.15. The maximum Gasteiger partial charge on any atom is 0.490 e. The number of anilines is 1. The summed E-state index contributed by atoms with van der Waals surface area (Å²) in [6, 6.07) is 3.51. The minimum Gasteiger partial charge on any atom is -0.423 e. The van der Waals surface area contributed by atoms with E-state index in [1.54, 1.807) is 13.1 Å². The molecular formula is C11H17BClNO2. The third kappa shape index (κ3) is 2.51. The second-order valence-corrected chi connectivity index (χ2v) is 5.14. The number of hydrogen-bond acceptors (Lipinski definition) is 3. The molecule has 3 N–H and O–H groups in total. The van der Waals surface area contributed by atoms with Crippen LogP contribution in [-0.4, -0.2) is 24.2 Å². The van der Waals surface area contributed by atoms with E-state index in [0.717, 1.165) is 11.3 Å². The van der Waals surface area contributed by atoms with Crippen LogP contribution in [0.3, 0.4) is 0 Å². The van der Waals surface area contributed by atoms with E-state index in [9.17, 15) is 0 Å². The molecule has 0 fully saturated rings. The van der Waals surface area contributed by atoms with Gasteiger partial charge in [-0.05, 0) is 11.0 Å². The molecule has 0 aliphatic heterocycles. The van der Waals surface area contributed by atoms with Crippen LogP contribution in [0.2, 0.25) is 5.02 Å². The first-order chi connectivity index (χ1) is 7.29. The smallest absolute Gasteiger partial charge is 0.423 e. The van der Waals surface area contributed by atoms with E-state index in [2.05, 4.69) is 26.1 Å². The summed E-state index contributed by atoms with van der Waals surface area (Å²) in [6.45, 7) is 6.23. The van der Waals surface area contributed by atoms with Crippen LogP contribution in [0.4, 0.5) is 5.69 Å². The Morgan fingerprint density at radius 3 is 2.19 bits per heavy atom. The van der Waals surface area contributed by atoms with E-state index in [-0.39, 0.29) is 5.41 Å². The number of halogens is 1. The van der Waals surface area contributed by atoms with Crippen molar-refractivity contribution in [1.82, 2.24) is 0 Å². The van der Waals surface area contributed by atoms with Crippen LogP contribution in [0, 0.1) is 0 Å². The van der Waals surface area contributed by atoms with E-state index in [0.29, 0.717) is 10.5 Å². The lowest BCUT2D eigenvalue weighted by molar-refractivity contribution is 0.426. The van der Waals surface area contributed by atoms with Crippen LogP contribution in [-0.2, 0) is 5.41 Å². The molecule has 0 aliphatic rings. The highest BCUT2D eigenvalue weighted by atomic mass is 35.5. The summed E-state index contributed by atoms with van der Waals surface area (Å²) >= 11 is 6.13. The molecule has 0 aromatic heterocycles. The van der Waals surface area contributed by atoms with Crippen molar-refractivity contribution in [3.05, 3.63) is 22.7 Å². The van der Waals surface area contributed by atoms with Crippen molar-refractivity contribution in [2.24, 2.45) is 0 Å². The van der Waals surface area contributed by atoms with Crippen molar-refractivity contribution in [3.63, 3.8) is 0 Å². The highest BCUT2D eigenvalue weighted by Gasteiger charge is 2.24. The van der Waals surface area contributed by atoms with Crippen LogP contribution < -0.4 is 10.8 Å². The minimum atomic E-state index is -1.55. The number of hydrogen-bond donors (Lipinski definition) is 3. The molecule has 88 valence electrons. The molecule has 0 saturated heterocycles. The molecule has 1 rings (SSSR count). The highest BCUT2D eigenvalue weighted by Crippen LogP contribution is 2.33. The van der Waals surface area contributed by atoms with Gasteiger partial charge in [0.15, 0.2) is 0 Å². The summed E-state index contributed by atoms with van der Waals surface area (Å²) in [5.41, 5.74) is 2.06. The summed E-state index contributed by atoms with van der Waals surface area (Å²) in [6.07, 6.45) is 0. The van der Waals surface area contributed by atoms with Gasteiger partial charge in [0, 0.05) is 12.5 Å². The average Bonchev–Trinajstić information content (AvgIpc) is 2.15. The van der Waals surface area contributed by atoms with Crippen molar-refractivity contribution in [2.45, 2.75) is 26.2 Å². The minimum absolute atomic E-state index is 0.0546. The number of rotatable bonds is 2. The summed E-state index contributed by atoms with van der Waals surface area (Å²) in [4.78, 5) is 0. The molecule has 0 heterocycles. The van der Waals surface area contributed by atoms with Crippen LogP contribution in [0.5, 0.6) is 0 Å². The molecule has 16 heavy (non-hydrogen) atoms. The van der Waals surface area contributed by atoms with Crippen molar-refractivity contribution in [2.75, 3.05) is 12.4 Å². The Morgan fingerprint density at radius 2 is 1.81 bits per heavy atom. The molecule has 0 atom stereocenters. The largest absolute Gasteiger partial charge is 0.490 e. The van der Waals surface area contributed by atoms with E-state index >= 15 is 0 Å². The zero-order valence-electron chi connectivity index (χ0n) is 10.0. The van der Waals surface area contributed by atoms with Gasteiger partial charge in [-0.25, -0.2) is 0 Å². The Hall–Kier alpha value is -0.705. The molecule has 0 bridgehead atoms. The Bertz CT molecular complexity index is 388. The first kappa shape index (κ1) is 13.4. The molecular weight excluding hydrogens is 224 g/mol. The molecule has 0 amide bonds. The lowest BCUT2D eigenvalue weighted by atomic mass is 9.76. The third-order valence-electron chi connectivity index (χ3n) is 2.51. The fraction of sp³-hybridized carbons (Fsp3) is 0.455. The topological polar surface area (TPSA) is 52.5 Å². The fourth-order valence-electron chi connectivity index (χ4n) is 1.66. The number of benzene rings is 1. The van der Waals surface area contributed by atoms with Crippen LogP contribution in [0.15, 0.2) is 12.1 Å². The maximum absolute atomic E-state index is 9.16. The quantitative estimate of drug-likeness (QED) is 0.685. The van der Waals surface area contributed by atoms with Gasteiger partial charge in [0.05, 0.1) is 10.7 Å². The van der Waals surface area contributed by atoms with E-state index < -0.39 is 7.12 Å². The molecule has 5 heteroatoms. The normalized spacial score (nSPS) is 11.4. The van der Waals surface area contributed by atoms with E-state index in [1.807, 2.05) is 6.07 Å². The second kappa shape index (κ2) is 4.66. The predicted molar refractivity (Wildman–Crippen MR) is 69.5 cm³/mol. The van der Waals surface area contributed by atoms with Crippen LogP contribution in [0.25, 0.3) is 0 Å². The van der Waals surface area contributed by atoms with Gasteiger partial charge in [-0.2, -0.15) is 0 Å². The SMILES string of the molecule is CNc1c(C(C)(C)C)ccc(B(O)O)c1Cl. The fourth-order valence-corrected chi connectivity index (χ4v) is 2.02. The van der Waals surface area contributed by atoms with Crippen LogP contribution in [0.1, 0.15) is 26.3 Å². The third-order valence-corrected chi connectivity index (χ3v) is 2.92. The molecule has 1 aromatic rings. The summed E-state index contributed by atoms with van der Waals surface area (Å²) in [7, 11) is 0.220. The van der Waals surface area contributed by atoms with Gasteiger partial charge < -0.3 is 15.4 Å². The van der Waals surface area contributed by atoms with Crippen molar-refractivity contribution < 1.29 is 10.0 Å². The second-order valence-electron chi connectivity index (χ2n) is 4.77. The molecule has 0 spiro atoms. The molecule has 0 unspecified atom stereocenters. The molecule has 3 nitrogen and oxygen atoms in total.